The van der Waals surface area contributed by atoms with Crippen molar-refractivity contribution in [3.63, 3.8) is 0 Å². The third kappa shape index (κ3) is 6.01. The zero-order chi connectivity index (χ0) is 16.8. The molecule has 0 radical (unpaired) electrons. The number of aliphatic hydroxyl groups is 1. The number of carbonyl (C=O) groups is 1. The van der Waals surface area contributed by atoms with Crippen LogP contribution < -0.4 is 10.6 Å². The number of piperidine rings is 1. The number of hydrogen-bond donors (Lipinski definition) is 3. The molecular formula is C17H26ClN3O2. The smallest absolute Gasteiger partial charge is 0.319 e. The molecular weight excluding hydrogens is 314 g/mol. The molecule has 0 saturated carbocycles. The molecule has 0 aliphatic carbocycles. The summed E-state index contributed by atoms with van der Waals surface area (Å²) in [5.41, 5.74) is 1.59. The zero-order valence-electron chi connectivity index (χ0n) is 13.8. The summed E-state index contributed by atoms with van der Waals surface area (Å²) in [6.07, 6.45) is 1.78. The fraction of sp³-hybridized carbons (Fsp3) is 0.588. The summed E-state index contributed by atoms with van der Waals surface area (Å²) in [6.45, 7) is 7.05. The highest BCUT2D eigenvalue weighted by molar-refractivity contribution is 6.33. The summed E-state index contributed by atoms with van der Waals surface area (Å²) >= 11 is 6.05. The van der Waals surface area contributed by atoms with Crippen LogP contribution in [0.25, 0.3) is 0 Å². The molecule has 1 fully saturated rings. The van der Waals surface area contributed by atoms with Gasteiger partial charge in [0.05, 0.1) is 16.8 Å². The van der Waals surface area contributed by atoms with E-state index in [1.54, 1.807) is 6.07 Å². The summed E-state index contributed by atoms with van der Waals surface area (Å²) in [7, 11) is 0. The minimum Gasteiger partial charge on any atom is -0.390 e. The predicted molar refractivity (Wildman–Crippen MR) is 94.1 cm³/mol. The van der Waals surface area contributed by atoms with Gasteiger partial charge in [0.2, 0.25) is 0 Å². The van der Waals surface area contributed by atoms with Crippen LogP contribution in [0.3, 0.4) is 0 Å². The molecule has 1 aliphatic rings. The van der Waals surface area contributed by atoms with Crippen molar-refractivity contribution in [2.45, 2.75) is 32.8 Å². The van der Waals surface area contributed by atoms with Crippen molar-refractivity contribution in [1.29, 1.82) is 0 Å². The molecule has 23 heavy (non-hydrogen) atoms. The summed E-state index contributed by atoms with van der Waals surface area (Å²) in [5.74, 6) is 0.770. The molecule has 1 aromatic rings. The number of halogens is 1. The Morgan fingerprint density at radius 2 is 2.13 bits per heavy atom. The van der Waals surface area contributed by atoms with Gasteiger partial charge in [0, 0.05) is 13.1 Å². The number of anilines is 1. The number of nitrogens with zero attached hydrogens (tertiary/aromatic N) is 1. The van der Waals surface area contributed by atoms with Crippen LogP contribution in [-0.2, 0) is 0 Å². The summed E-state index contributed by atoms with van der Waals surface area (Å²) in [4.78, 5) is 14.2. The maximum Gasteiger partial charge on any atom is 0.319 e. The van der Waals surface area contributed by atoms with Gasteiger partial charge in [-0.05, 0) is 56.5 Å². The predicted octanol–water partition coefficient (Wildman–Crippen LogP) is 2.86. The van der Waals surface area contributed by atoms with Crippen molar-refractivity contribution >= 4 is 23.3 Å². The Labute approximate surface area is 143 Å². The maximum absolute atomic E-state index is 11.9. The van der Waals surface area contributed by atoms with Crippen LogP contribution >= 0.6 is 11.6 Å². The molecule has 1 atom stereocenters. The number of urea groups is 1. The van der Waals surface area contributed by atoms with E-state index >= 15 is 0 Å². The molecule has 3 N–H and O–H groups in total. The average molecular weight is 340 g/mol. The largest absolute Gasteiger partial charge is 0.390 e. The minimum absolute atomic E-state index is 0.224. The van der Waals surface area contributed by atoms with E-state index in [2.05, 4.69) is 22.5 Å². The van der Waals surface area contributed by atoms with Gasteiger partial charge in [-0.2, -0.15) is 0 Å². The second-order valence-corrected chi connectivity index (χ2v) is 6.86. The van der Waals surface area contributed by atoms with Gasteiger partial charge in [0.25, 0.3) is 0 Å². The first-order chi connectivity index (χ1) is 10.9. The lowest BCUT2D eigenvalue weighted by molar-refractivity contribution is 0.0924. The van der Waals surface area contributed by atoms with Crippen LogP contribution in [0.4, 0.5) is 10.5 Å². The van der Waals surface area contributed by atoms with Crippen LogP contribution in [0, 0.1) is 12.8 Å². The highest BCUT2D eigenvalue weighted by Gasteiger charge is 2.18. The Hall–Kier alpha value is -1.30. The van der Waals surface area contributed by atoms with Gasteiger partial charge in [-0.1, -0.05) is 24.6 Å². The Morgan fingerprint density at radius 3 is 2.83 bits per heavy atom. The van der Waals surface area contributed by atoms with Crippen LogP contribution in [-0.4, -0.2) is 48.3 Å². The van der Waals surface area contributed by atoms with Gasteiger partial charge in [-0.3, -0.25) is 0 Å². The third-order valence-corrected chi connectivity index (χ3v) is 4.54. The van der Waals surface area contributed by atoms with E-state index in [0.29, 0.717) is 17.3 Å². The molecule has 1 unspecified atom stereocenters. The molecule has 5 nitrogen and oxygen atoms in total. The van der Waals surface area contributed by atoms with Gasteiger partial charge >= 0.3 is 6.03 Å². The molecule has 0 bridgehead atoms. The lowest BCUT2D eigenvalue weighted by Crippen LogP contribution is -2.43. The number of hydrogen-bond acceptors (Lipinski definition) is 3. The lowest BCUT2D eigenvalue weighted by atomic mass is 9.99. The number of amides is 2. The van der Waals surface area contributed by atoms with Crippen molar-refractivity contribution in [3.05, 3.63) is 28.8 Å². The Balaban J connectivity index is 1.72. The number of nitrogens with one attached hydrogen (secondary N) is 2. The van der Waals surface area contributed by atoms with Crippen LogP contribution in [0.5, 0.6) is 0 Å². The molecule has 2 amide bonds. The molecule has 0 spiro atoms. The number of carbonyl (C=O) groups excluding carboxylic acids is 1. The fourth-order valence-electron chi connectivity index (χ4n) is 2.72. The molecule has 6 heteroatoms. The average Bonchev–Trinajstić information content (AvgIpc) is 2.51. The minimum atomic E-state index is -0.567. The van der Waals surface area contributed by atoms with Gasteiger partial charge in [0.1, 0.15) is 0 Å². The van der Waals surface area contributed by atoms with E-state index in [4.69, 9.17) is 11.6 Å². The zero-order valence-corrected chi connectivity index (χ0v) is 14.6. The quantitative estimate of drug-likeness (QED) is 0.773. The van der Waals surface area contributed by atoms with E-state index in [-0.39, 0.29) is 12.6 Å². The monoisotopic (exact) mass is 339 g/mol. The van der Waals surface area contributed by atoms with Crippen molar-refractivity contribution in [1.82, 2.24) is 10.2 Å². The standard InChI is InChI=1S/C17H26ClN3O2/c1-12-5-7-21(8-6-12)11-14(22)10-19-17(23)20-16-9-13(2)3-4-15(16)18/h3-4,9,12,14,22H,5-8,10-11H2,1-2H3,(H2,19,20,23). The SMILES string of the molecule is Cc1ccc(Cl)c(NC(=O)NCC(O)CN2CCC(C)CC2)c1. The first-order valence-electron chi connectivity index (χ1n) is 8.15. The highest BCUT2D eigenvalue weighted by Crippen LogP contribution is 2.22. The molecule has 1 saturated heterocycles. The highest BCUT2D eigenvalue weighted by atomic mass is 35.5. The number of aliphatic hydroxyl groups excluding tert-OH is 1. The van der Waals surface area contributed by atoms with Gasteiger partial charge in [0.15, 0.2) is 0 Å². The van der Waals surface area contributed by atoms with E-state index in [0.717, 1.165) is 24.6 Å². The van der Waals surface area contributed by atoms with Gasteiger partial charge < -0.3 is 20.6 Å². The molecule has 128 valence electrons. The normalized spacial score (nSPS) is 17.7. The molecule has 1 heterocycles. The molecule has 0 aromatic heterocycles. The van der Waals surface area contributed by atoms with Gasteiger partial charge in [-0.25, -0.2) is 4.79 Å². The van der Waals surface area contributed by atoms with Crippen molar-refractivity contribution in [2.75, 3.05) is 31.5 Å². The molecule has 1 aliphatic heterocycles. The Kier molecular flexibility index (Phi) is 6.69. The summed E-state index contributed by atoms with van der Waals surface area (Å²) < 4.78 is 0. The van der Waals surface area contributed by atoms with Crippen LogP contribution in [0.2, 0.25) is 5.02 Å². The summed E-state index contributed by atoms with van der Waals surface area (Å²) in [6, 6.07) is 5.09. The number of benzene rings is 1. The number of likely N-dealkylation sites (tertiary alicyclic amines) is 1. The van der Waals surface area contributed by atoms with E-state index < -0.39 is 6.10 Å². The fourth-order valence-corrected chi connectivity index (χ4v) is 2.88. The second kappa shape index (κ2) is 8.52. The Bertz CT molecular complexity index is 531. The summed E-state index contributed by atoms with van der Waals surface area (Å²) in [5, 5.41) is 16.0. The van der Waals surface area contributed by atoms with Crippen LogP contribution in [0.1, 0.15) is 25.3 Å². The first kappa shape index (κ1) is 18.0. The van der Waals surface area contributed by atoms with Crippen molar-refractivity contribution in [2.24, 2.45) is 5.92 Å². The number of rotatable bonds is 5. The van der Waals surface area contributed by atoms with Crippen molar-refractivity contribution < 1.29 is 9.90 Å². The second-order valence-electron chi connectivity index (χ2n) is 6.46. The van der Waals surface area contributed by atoms with E-state index in [9.17, 15) is 9.90 Å². The topological polar surface area (TPSA) is 64.6 Å². The van der Waals surface area contributed by atoms with E-state index in [1.807, 2.05) is 19.1 Å². The van der Waals surface area contributed by atoms with E-state index in [1.165, 1.54) is 12.8 Å². The molecule has 2 rings (SSSR count). The number of β-amino-alcohol motifs (C(OH)–C–C–N with tert-alkyl or cyclic N) is 1. The van der Waals surface area contributed by atoms with Crippen LogP contribution in [0.15, 0.2) is 18.2 Å². The van der Waals surface area contributed by atoms with Crippen molar-refractivity contribution in [3.8, 4) is 0 Å². The molecule has 1 aromatic carbocycles. The lowest BCUT2D eigenvalue weighted by Gasteiger charge is -2.31. The third-order valence-electron chi connectivity index (χ3n) is 4.21. The Morgan fingerprint density at radius 1 is 1.43 bits per heavy atom. The first-order valence-corrected chi connectivity index (χ1v) is 8.53. The maximum atomic E-state index is 11.9. The number of aryl methyl sites for hydroxylation is 1. The van der Waals surface area contributed by atoms with Gasteiger partial charge in [-0.15, -0.1) is 0 Å².